The summed E-state index contributed by atoms with van der Waals surface area (Å²) >= 11 is 5.97. The second-order valence-electron chi connectivity index (χ2n) is 5.35. The van der Waals surface area contributed by atoms with E-state index in [2.05, 4.69) is 13.0 Å². The molecule has 2 heteroatoms. The zero-order chi connectivity index (χ0) is 12.3. The summed E-state index contributed by atoms with van der Waals surface area (Å²) in [5, 5.41) is 0.802. The van der Waals surface area contributed by atoms with Gasteiger partial charge in [-0.25, -0.2) is 0 Å². The summed E-state index contributed by atoms with van der Waals surface area (Å²) < 4.78 is 0. The van der Waals surface area contributed by atoms with Crippen molar-refractivity contribution in [3.05, 3.63) is 34.3 Å². The number of rotatable bonds is 3. The Labute approximate surface area is 109 Å². The molecule has 1 saturated carbocycles. The van der Waals surface area contributed by atoms with Crippen molar-refractivity contribution >= 4 is 11.6 Å². The van der Waals surface area contributed by atoms with E-state index < -0.39 is 0 Å². The maximum atomic E-state index is 6.33. The largest absolute Gasteiger partial charge is 0.324 e. The predicted molar refractivity (Wildman–Crippen MR) is 74.3 cm³/mol. The van der Waals surface area contributed by atoms with E-state index in [0.29, 0.717) is 0 Å². The highest BCUT2D eigenvalue weighted by atomic mass is 35.5. The lowest BCUT2D eigenvalue weighted by Gasteiger charge is -2.25. The van der Waals surface area contributed by atoms with Crippen LogP contribution < -0.4 is 5.73 Å². The normalized spacial score (nSPS) is 19.2. The van der Waals surface area contributed by atoms with Gasteiger partial charge in [0.15, 0.2) is 0 Å². The molecular weight excluding hydrogens is 230 g/mol. The van der Waals surface area contributed by atoms with Gasteiger partial charge in [0, 0.05) is 11.1 Å². The lowest BCUT2D eigenvalue weighted by Crippen LogP contribution is -2.18. The van der Waals surface area contributed by atoms with E-state index in [1.807, 2.05) is 12.1 Å². The first-order chi connectivity index (χ1) is 8.16. The molecule has 2 N–H and O–H groups in total. The van der Waals surface area contributed by atoms with Crippen LogP contribution in [0.25, 0.3) is 0 Å². The van der Waals surface area contributed by atoms with Gasteiger partial charge in [-0.05, 0) is 42.5 Å². The van der Waals surface area contributed by atoms with Crippen molar-refractivity contribution in [3.63, 3.8) is 0 Å². The van der Waals surface area contributed by atoms with Gasteiger partial charge < -0.3 is 5.73 Å². The minimum Gasteiger partial charge on any atom is -0.324 e. The first-order valence-corrected chi connectivity index (χ1v) is 7.06. The van der Waals surface area contributed by atoms with Gasteiger partial charge in [0.2, 0.25) is 0 Å². The van der Waals surface area contributed by atoms with Crippen LogP contribution in [0, 0.1) is 12.8 Å². The summed E-state index contributed by atoms with van der Waals surface area (Å²) in [6, 6.07) is 6.23. The second-order valence-corrected chi connectivity index (χ2v) is 5.78. The summed E-state index contributed by atoms with van der Waals surface area (Å²) in [5.41, 5.74) is 8.82. The van der Waals surface area contributed by atoms with Crippen LogP contribution >= 0.6 is 11.6 Å². The summed E-state index contributed by atoms with van der Waals surface area (Å²) in [6.45, 7) is 2.10. The number of hydrogen-bond donors (Lipinski definition) is 1. The molecule has 0 spiro atoms. The van der Waals surface area contributed by atoms with Gasteiger partial charge >= 0.3 is 0 Å². The van der Waals surface area contributed by atoms with Gasteiger partial charge in [-0.3, -0.25) is 0 Å². The number of aryl methyl sites for hydroxylation is 1. The van der Waals surface area contributed by atoms with Crippen molar-refractivity contribution in [1.29, 1.82) is 0 Å². The van der Waals surface area contributed by atoms with Gasteiger partial charge in [0.05, 0.1) is 0 Å². The van der Waals surface area contributed by atoms with Crippen LogP contribution in [0.1, 0.15) is 55.7 Å². The summed E-state index contributed by atoms with van der Waals surface area (Å²) in [7, 11) is 0. The van der Waals surface area contributed by atoms with E-state index in [1.54, 1.807) is 0 Å². The first-order valence-electron chi connectivity index (χ1n) is 6.68. The third-order valence-corrected chi connectivity index (χ3v) is 4.18. The number of halogens is 1. The van der Waals surface area contributed by atoms with E-state index in [9.17, 15) is 0 Å². The Morgan fingerprint density at radius 3 is 2.65 bits per heavy atom. The first kappa shape index (κ1) is 12.9. The number of benzene rings is 1. The third-order valence-electron chi connectivity index (χ3n) is 3.94. The molecule has 1 aromatic rings. The molecule has 0 radical (unpaired) electrons. The van der Waals surface area contributed by atoms with Crippen LogP contribution in [0.15, 0.2) is 18.2 Å². The molecule has 0 aliphatic heterocycles. The fourth-order valence-corrected chi connectivity index (χ4v) is 3.19. The van der Waals surface area contributed by atoms with Crippen LogP contribution in [0.4, 0.5) is 0 Å². The third kappa shape index (κ3) is 3.46. The van der Waals surface area contributed by atoms with Crippen LogP contribution in [0.2, 0.25) is 5.02 Å². The maximum Gasteiger partial charge on any atom is 0.0408 e. The quantitative estimate of drug-likeness (QED) is 0.834. The Kier molecular flexibility index (Phi) is 4.47. The number of hydrogen-bond acceptors (Lipinski definition) is 1. The van der Waals surface area contributed by atoms with Gasteiger partial charge in [0.1, 0.15) is 0 Å². The van der Waals surface area contributed by atoms with Gasteiger partial charge in [-0.15, -0.1) is 0 Å². The highest BCUT2D eigenvalue weighted by molar-refractivity contribution is 6.30. The molecule has 94 valence electrons. The molecule has 1 fully saturated rings. The van der Waals surface area contributed by atoms with Crippen molar-refractivity contribution in [1.82, 2.24) is 0 Å². The standard InChI is InChI=1S/C15H22ClN/c1-11-9-13(16)7-8-14(11)15(17)10-12-5-3-2-4-6-12/h7-9,12,15H,2-6,10,17H2,1H3. The monoisotopic (exact) mass is 251 g/mol. The molecule has 1 aromatic carbocycles. The molecule has 1 aliphatic rings. The summed E-state index contributed by atoms with van der Waals surface area (Å²) in [5.74, 6) is 0.828. The van der Waals surface area contributed by atoms with Crippen LogP contribution in [0.5, 0.6) is 0 Å². The predicted octanol–water partition coefficient (Wildman–Crippen LogP) is 4.62. The molecule has 0 heterocycles. The maximum absolute atomic E-state index is 6.33. The SMILES string of the molecule is Cc1cc(Cl)ccc1C(N)CC1CCCCC1. The minimum absolute atomic E-state index is 0.176. The van der Waals surface area contributed by atoms with E-state index in [4.69, 9.17) is 17.3 Å². The van der Waals surface area contributed by atoms with Crippen molar-refractivity contribution in [2.75, 3.05) is 0 Å². The fourth-order valence-electron chi connectivity index (χ4n) is 2.96. The Morgan fingerprint density at radius 1 is 1.29 bits per heavy atom. The Balaban J connectivity index is 2.00. The average molecular weight is 252 g/mol. The van der Waals surface area contributed by atoms with Crippen molar-refractivity contribution < 1.29 is 0 Å². The van der Waals surface area contributed by atoms with E-state index in [-0.39, 0.29) is 6.04 Å². The van der Waals surface area contributed by atoms with Crippen molar-refractivity contribution in [2.24, 2.45) is 11.7 Å². The Bertz CT molecular complexity index is 369. The molecule has 0 aromatic heterocycles. The zero-order valence-corrected chi connectivity index (χ0v) is 11.3. The van der Waals surface area contributed by atoms with Crippen LogP contribution in [-0.2, 0) is 0 Å². The van der Waals surface area contributed by atoms with E-state index in [1.165, 1.54) is 43.2 Å². The van der Waals surface area contributed by atoms with Crippen LogP contribution in [0.3, 0.4) is 0 Å². The number of nitrogens with two attached hydrogens (primary N) is 1. The molecule has 1 aliphatic carbocycles. The van der Waals surface area contributed by atoms with Gasteiger partial charge in [0.25, 0.3) is 0 Å². The molecule has 0 amide bonds. The zero-order valence-electron chi connectivity index (χ0n) is 10.6. The van der Waals surface area contributed by atoms with E-state index in [0.717, 1.165) is 17.4 Å². The highest BCUT2D eigenvalue weighted by Crippen LogP contribution is 2.32. The molecule has 2 rings (SSSR count). The van der Waals surface area contributed by atoms with E-state index >= 15 is 0 Å². The molecule has 1 unspecified atom stereocenters. The molecule has 0 bridgehead atoms. The Hall–Kier alpha value is -0.530. The summed E-state index contributed by atoms with van der Waals surface area (Å²) in [4.78, 5) is 0. The Morgan fingerprint density at radius 2 is 2.00 bits per heavy atom. The van der Waals surface area contributed by atoms with Crippen LogP contribution in [-0.4, -0.2) is 0 Å². The topological polar surface area (TPSA) is 26.0 Å². The highest BCUT2D eigenvalue weighted by Gasteiger charge is 2.18. The lowest BCUT2D eigenvalue weighted by atomic mass is 9.83. The van der Waals surface area contributed by atoms with Gasteiger partial charge in [-0.1, -0.05) is 49.8 Å². The molecule has 17 heavy (non-hydrogen) atoms. The molecular formula is C15H22ClN. The molecule has 0 saturated heterocycles. The van der Waals surface area contributed by atoms with Gasteiger partial charge in [-0.2, -0.15) is 0 Å². The molecule has 1 nitrogen and oxygen atoms in total. The molecule has 1 atom stereocenters. The smallest absolute Gasteiger partial charge is 0.0408 e. The second kappa shape index (κ2) is 5.88. The lowest BCUT2D eigenvalue weighted by molar-refractivity contribution is 0.319. The average Bonchev–Trinajstić information content (AvgIpc) is 2.30. The minimum atomic E-state index is 0.176. The van der Waals surface area contributed by atoms with Crippen molar-refractivity contribution in [2.45, 2.75) is 51.5 Å². The van der Waals surface area contributed by atoms with Crippen molar-refractivity contribution in [3.8, 4) is 0 Å². The summed E-state index contributed by atoms with van der Waals surface area (Å²) in [6.07, 6.45) is 8.03. The fraction of sp³-hybridized carbons (Fsp3) is 0.600.